The number of hydrogen-bond donors (Lipinski definition) is 1. The van der Waals surface area contributed by atoms with E-state index in [9.17, 15) is 9.59 Å². The van der Waals surface area contributed by atoms with E-state index in [1.54, 1.807) is 0 Å². The van der Waals surface area contributed by atoms with Crippen LogP contribution in [0.25, 0.3) is 22.5 Å². The standard InChI is InChI=1S/C29H30N4O4S2/c1-18-8-10-19(11-9-18)23-16-38-27(25(23)28(35)36-3)30-24(34)17-39-29-32-31-26(33(29)2)20-12-14-22(15-13-20)37-21-6-4-5-7-21/h8-16,21H,4-7,17H2,1-3H3,(H,30,34). The highest BCUT2D eigenvalue weighted by atomic mass is 32.2. The van der Waals surface area contributed by atoms with Crippen molar-refractivity contribution in [1.82, 2.24) is 14.8 Å². The monoisotopic (exact) mass is 562 g/mol. The molecule has 2 aromatic carbocycles. The molecule has 1 aliphatic rings. The van der Waals surface area contributed by atoms with E-state index in [-0.39, 0.29) is 11.7 Å². The van der Waals surface area contributed by atoms with Gasteiger partial charge in [-0.2, -0.15) is 0 Å². The van der Waals surface area contributed by atoms with Gasteiger partial charge in [-0.25, -0.2) is 4.79 Å². The van der Waals surface area contributed by atoms with Gasteiger partial charge < -0.3 is 19.4 Å². The van der Waals surface area contributed by atoms with Crippen molar-refractivity contribution in [2.45, 2.75) is 43.9 Å². The predicted octanol–water partition coefficient (Wildman–Crippen LogP) is 6.36. The lowest BCUT2D eigenvalue weighted by Crippen LogP contribution is -2.16. The topological polar surface area (TPSA) is 95.3 Å². The third kappa shape index (κ3) is 6.17. The van der Waals surface area contributed by atoms with E-state index >= 15 is 0 Å². The summed E-state index contributed by atoms with van der Waals surface area (Å²) in [6.45, 7) is 2.00. The van der Waals surface area contributed by atoms with E-state index in [0.717, 1.165) is 40.8 Å². The van der Waals surface area contributed by atoms with Crippen molar-refractivity contribution in [3.8, 4) is 28.3 Å². The minimum atomic E-state index is -0.493. The fourth-order valence-electron chi connectivity index (χ4n) is 4.57. The number of carbonyl (C=O) groups excluding carboxylic acids is 2. The molecule has 1 aliphatic carbocycles. The van der Waals surface area contributed by atoms with E-state index in [0.29, 0.717) is 27.6 Å². The summed E-state index contributed by atoms with van der Waals surface area (Å²) in [6.07, 6.45) is 5.00. The summed E-state index contributed by atoms with van der Waals surface area (Å²) in [5.41, 5.74) is 4.01. The van der Waals surface area contributed by atoms with Crippen LogP contribution in [0.5, 0.6) is 5.75 Å². The summed E-state index contributed by atoms with van der Waals surface area (Å²) in [4.78, 5) is 25.5. The summed E-state index contributed by atoms with van der Waals surface area (Å²) in [5, 5.41) is 14.4. The van der Waals surface area contributed by atoms with Crippen LogP contribution in [0.4, 0.5) is 5.00 Å². The maximum absolute atomic E-state index is 12.9. The average Bonchev–Trinajstić information content (AvgIpc) is 3.69. The number of anilines is 1. The van der Waals surface area contributed by atoms with Gasteiger partial charge in [0.05, 0.1) is 19.0 Å². The van der Waals surface area contributed by atoms with Crippen LogP contribution in [0.1, 0.15) is 41.6 Å². The Morgan fingerprint density at radius 2 is 1.74 bits per heavy atom. The fourth-order valence-corrected chi connectivity index (χ4v) is 6.25. The first-order valence-electron chi connectivity index (χ1n) is 12.8. The number of methoxy groups -OCH3 is 1. The number of amides is 1. The molecule has 0 radical (unpaired) electrons. The molecule has 1 N–H and O–H groups in total. The molecule has 10 heteroatoms. The van der Waals surface area contributed by atoms with Gasteiger partial charge in [0.1, 0.15) is 16.3 Å². The van der Waals surface area contributed by atoms with Crippen molar-refractivity contribution in [3.05, 3.63) is 65.0 Å². The lowest BCUT2D eigenvalue weighted by atomic mass is 10.0. The molecule has 8 nitrogen and oxygen atoms in total. The maximum atomic E-state index is 12.9. The van der Waals surface area contributed by atoms with Gasteiger partial charge in [-0.1, -0.05) is 41.6 Å². The van der Waals surface area contributed by atoms with Crippen LogP contribution in [-0.2, 0) is 16.6 Å². The van der Waals surface area contributed by atoms with E-state index in [1.807, 2.05) is 72.4 Å². The molecule has 5 rings (SSSR count). The minimum absolute atomic E-state index is 0.110. The number of nitrogens with zero attached hydrogens (tertiary/aromatic N) is 3. The van der Waals surface area contributed by atoms with Crippen LogP contribution >= 0.6 is 23.1 Å². The molecule has 1 fully saturated rings. The van der Waals surface area contributed by atoms with Crippen LogP contribution in [0.15, 0.2) is 59.1 Å². The number of ether oxygens (including phenoxy) is 2. The zero-order valence-electron chi connectivity index (χ0n) is 22.1. The van der Waals surface area contributed by atoms with Crippen molar-refractivity contribution in [3.63, 3.8) is 0 Å². The van der Waals surface area contributed by atoms with Crippen LogP contribution in [0.2, 0.25) is 0 Å². The van der Waals surface area contributed by atoms with Crippen LogP contribution < -0.4 is 10.1 Å². The Balaban J connectivity index is 1.23. The van der Waals surface area contributed by atoms with Crippen LogP contribution in [0.3, 0.4) is 0 Å². The SMILES string of the molecule is COC(=O)c1c(-c2ccc(C)cc2)csc1NC(=O)CSc1nnc(-c2ccc(OC3CCCC3)cc2)n1C. The molecule has 0 unspecified atom stereocenters. The second-order valence-electron chi connectivity index (χ2n) is 9.46. The normalized spacial score (nSPS) is 13.4. The molecular weight excluding hydrogens is 532 g/mol. The van der Waals surface area contributed by atoms with Gasteiger partial charge >= 0.3 is 5.97 Å². The van der Waals surface area contributed by atoms with E-state index in [2.05, 4.69) is 15.5 Å². The summed E-state index contributed by atoms with van der Waals surface area (Å²) >= 11 is 2.58. The highest BCUT2D eigenvalue weighted by Crippen LogP contribution is 2.36. The number of carbonyl (C=O) groups is 2. The van der Waals surface area contributed by atoms with Crippen molar-refractivity contribution < 1.29 is 19.1 Å². The Labute approximate surface area is 235 Å². The highest BCUT2D eigenvalue weighted by molar-refractivity contribution is 7.99. The molecule has 0 spiro atoms. The molecule has 2 heterocycles. The van der Waals surface area contributed by atoms with Gasteiger partial charge in [-0.3, -0.25) is 4.79 Å². The third-order valence-electron chi connectivity index (χ3n) is 6.68. The Bertz CT molecular complexity index is 1460. The number of hydrogen-bond acceptors (Lipinski definition) is 8. The van der Waals surface area contributed by atoms with Gasteiger partial charge in [0.25, 0.3) is 0 Å². The Morgan fingerprint density at radius 1 is 1.05 bits per heavy atom. The smallest absolute Gasteiger partial charge is 0.341 e. The van der Waals surface area contributed by atoms with Gasteiger partial charge in [-0.05, 0) is 62.4 Å². The molecule has 0 bridgehead atoms. The van der Waals surface area contributed by atoms with Crippen molar-refractivity contribution in [1.29, 1.82) is 0 Å². The molecular formula is C29H30N4O4S2. The van der Waals surface area contributed by atoms with Gasteiger partial charge in [-0.15, -0.1) is 21.5 Å². The maximum Gasteiger partial charge on any atom is 0.341 e. The number of nitrogens with one attached hydrogen (secondary N) is 1. The second kappa shape index (κ2) is 12.0. The number of aryl methyl sites for hydroxylation is 1. The molecule has 2 aromatic heterocycles. The Hall–Kier alpha value is -3.63. The minimum Gasteiger partial charge on any atom is -0.490 e. The van der Waals surface area contributed by atoms with Crippen molar-refractivity contribution >= 4 is 40.0 Å². The molecule has 0 saturated heterocycles. The fraction of sp³-hybridized carbons (Fsp3) is 0.310. The number of esters is 1. The number of thiophene rings is 1. The Morgan fingerprint density at radius 3 is 2.44 bits per heavy atom. The first-order valence-corrected chi connectivity index (χ1v) is 14.7. The van der Waals surface area contributed by atoms with Crippen LogP contribution in [-0.4, -0.2) is 45.6 Å². The first-order chi connectivity index (χ1) is 18.9. The number of rotatable bonds is 9. The highest BCUT2D eigenvalue weighted by Gasteiger charge is 2.23. The summed E-state index contributed by atoms with van der Waals surface area (Å²) in [6, 6.07) is 15.8. The zero-order chi connectivity index (χ0) is 27.4. The summed E-state index contributed by atoms with van der Waals surface area (Å²) < 4.78 is 12.9. The Kier molecular flexibility index (Phi) is 8.33. The predicted molar refractivity (Wildman–Crippen MR) is 155 cm³/mol. The van der Waals surface area contributed by atoms with Gasteiger partial charge in [0.2, 0.25) is 5.91 Å². The molecule has 1 amide bonds. The lowest BCUT2D eigenvalue weighted by molar-refractivity contribution is -0.113. The molecule has 0 atom stereocenters. The number of aromatic nitrogens is 3. The van der Waals surface area contributed by atoms with Gasteiger partial charge in [0, 0.05) is 23.6 Å². The van der Waals surface area contributed by atoms with Crippen molar-refractivity contribution in [2.75, 3.05) is 18.2 Å². The molecule has 0 aliphatic heterocycles. The van der Waals surface area contributed by atoms with Crippen molar-refractivity contribution in [2.24, 2.45) is 7.05 Å². The summed E-state index contributed by atoms with van der Waals surface area (Å²) in [5.74, 6) is 0.940. The second-order valence-corrected chi connectivity index (χ2v) is 11.3. The molecule has 202 valence electrons. The third-order valence-corrected chi connectivity index (χ3v) is 8.60. The largest absolute Gasteiger partial charge is 0.490 e. The average molecular weight is 563 g/mol. The molecule has 39 heavy (non-hydrogen) atoms. The number of thioether (sulfide) groups is 1. The quantitative estimate of drug-likeness (QED) is 0.187. The van der Waals surface area contributed by atoms with E-state index < -0.39 is 5.97 Å². The zero-order valence-corrected chi connectivity index (χ0v) is 23.7. The van der Waals surface area contributed by atoms with E-state index in [4.69, 9.17) is 9.47 Å². The van der Waals surface area contributed by atoms with Gasteiger partial charge in [0.15, 0.2) is 11.0 Å². The van der Waals surface area contributed by atoms with E-state index in [1.165, 1.54) is 43.1 Å². The molecule has 4 aromatic rings. The van der Waals surface area contributed by atoms with Crippen LogP contribution in [0, 0.1) is 6.92 Å². The summed E-state index contributed by atoms with van der Waals surface area (Å²) in [7, 11) is 3.21. The first kappa shape index (κ1) is 27.0. The number of benzene rings is 2. The molecule has 1 saturated carbocycles. The lowest BCUT2D eigenvalue weighted by Gasteiger charge is -2.13.